The van der Waals surface area contributed by atoms with Crippen molar-refractivity contribution < 1.29 is 9.53 Å². The van der Waals surface area contributed by atoms with E-state index in [1.165, 1.54) is 43.0 Å². The Bertz CT molecular complexity index is 870. The molecule has 0 aliphatic carbocycles. The van der Waals surface area contributed by atoms with Crippen LogP contribution >= 0.6 is 0 Å². The lowest BCUT2D eigenvalue weighted by atomic mass is 10.0. The zero-order valence-electron chi connectivity index (χ0n) is 15.9. The van der Waals surface area contributed by atoms with Crippen LogP contribution in [-0.4, -0.2) is 27.8 Å². The Morgan fingerprint density at radius 3 is 2.41 bits per heavy atom. The van der Waals surface area contributed by atoms with Crippen LogP contribution in [0.1, 0.15) is 48.5 Å². The Morgan fingerprint density at radius 2 is 1.74 bits per heavy atom. The number of aryl methyl sites for hydroxylation is 1. The molecule has 1 heterocycles. The second-order valence-corrected chi connectivity index (χ2v) is 6.51. The van der Waals surface area contributed by atoms with E-state index in [9.17, 15) is 4.79 Å². The number of carbonyl (C=O) groups is 1. The van der Waals surface area contributed by atoms with Gasteiger partial charge >= 0.3 is 6.01 Å². The lowest BCUT2D eigenvalue weighted by molar-refractivity contribution is 0.0945. The van der Waals surface area contributed by atoms with Gasteiger partial charge in [0.25, 0.3) is 5.91 Å². The third kappa shape index (κ3) is 4.61. The summed E-state index contributed by atoms with van der Waals surface area (Å²) in [6, 6.07) is 17.5. The fraction of sp³-hybridized carbons (Fsp3) is 0.318. The van der Waals surface area contributed by atoms with Crippen molar-refractivity contribution in [3.8, 4) is 17.4 Å². The Morgan fingerprint density at radius 1 is 1.00 bits per heavy atom. The molecule has 5 nitrogen and oxygen atoms in total. The molecule has 5 heteroatoms. The smallest absolute Gasteiger partial charge is 0.336 e. The van der Waals surface area contributed by atoms with Gasteiger partial charge in [0, 0.05) is 11.1 Å². The molecule has 0 fully saturated rings. The summed E-state index contributed by atoms with van der Waals surface area (Å²) in [6.45, 7) is 2.21. The fourth-order valence-corrected chi connectivity index (χ4v) is 2.99. The van der Waals surface area contributed by atoms with E-state index in [2.05, 4.69) is 17.0 Å². The first-order valence-electron chi connectivity index (χ1n) is 9.43. The van der Waals surface area contributed by atoms with Gasteiger partial charge in [-0.1, -0.05) is 68.7 Å². The average molecular weight is 363 g/mol. The van der Waals surface area contributed by atoms with E-state index in [-0.39, 0.29) is 11.9 Å². The Labute approximate surface area is 160 Å². The molecule has 0 aliphatic heterocycles. The predicted octanol–water partition coefficient (Wildman–Crippen LogP) is 4.77. The van der Waals surface area contributed by atoms with Crippen molar-refractivity contribution in [1.29, 1.82) is 0 Å². The molecule has 140 valence electrons. The van der Waals surface area contributed by atoms with Gasteiger partial charge < -0.3 is 4.74 Å². The van der Waals surface area contributed by atoms with Gasteiger partial charge in [0.1, 0.15) is 0 Å². The maximum absolute atomic E-state index is 13.0. The van der Waals surface area contributed by atoms with Crippen molar-refractivity contribution in [2.45, 2.75) is 39.0 Å². The quantitative estimate of drug-likeness (QED) is 0.541. The van der Waals surface area contributed by atoms with Gasteiger partial charge in [-0.3, -0.25) is 4.79 Å². The summed E-state index contributed by atoms with van der Waals surface area (Å²) in [5, 5.41) is 4.21. The zero-order chi connectivity index (χ0) is 19.1. The molecule has 0 aliphatic rings. The molecule has 0 unspecified atom stereocenters. The topological polar surface area (TPSA) is 57.0 Å². The molecular weight excluding hydrogens is 338 g/mol. The molecule has 0 spiro atoms. The van der Waals surface area contributed by atoms with Crippen LogP contribution in [0.3, 0.4) is 0 Å². The highest BCUT2D eigenvalue weighted by atomic mass is 16.5. The van der Waals surface area contributed by atoms with E-state index < -0.39 is 0 Å². The molecule has 0 saturated heterocycles. The van der Waals surface area contributed by atoms with Crippen LogP contribution in [0, 0.1) is 0 Å². The van der Waals surface area contributed by atoms with E-state index in [1.807, 2.05) is 54.6 Å². The number of aromatic nitrogens is 3. The minimum absolute atomic E-state index is 0.176. The summed E-state index contributed by atoms with van der Waals surface area (Å²) in [7, 11) is 1.49. The predicted molar refractivity (Wildman–Crippen MR) is 106 cm³/mol. The van der Waals surface area contributed by atoms with Crippen LogP contribution in [0.4, 0.5) is 0 Å². The SMILES string of the molecule is CCCCCCc1ccc(C(=O)n2nc(OC)nc2-c2ccccc2)cc1. The van der Waals surface area contributed by atoms with E-state index in [0.29, 0.717) is 11.4 Å². The van der Waals surface area contributed by atoms with Crippen LogP contribution in [0.2, 0.25) is 0 Å². The molecule has 3 rings (SSSR count). The van der Waals surface area contributed by atoms with Gasteiger partial charge in [0.15, 0.2) is 5.82 Å². The largest absolute Gasteiger partial charge is 0.466 e. The first-order valence-corrected chi connectivity index (χ1v) is 9.43. The van der Waals surface area contributed by atoms with Gasteiger partial charge in [-0.25, -0.2) is 0 Å². The van der Waals surface area contributed by atoms with E-state index in [0.717, 1.165) is 12.0 Å². The number of methoxy groups -OCH3 is 1. The highest BCUT2D eigenvalue weighted by Crippen LogP contribution is 2.21. The molecule has 0 radical (unpaired) electrons. The molecule has 1 aromatic heterocycles. The maximum Gasteiger partial charge on any atom is 0.336 e. The van der Waals surface area contributed by atoms with Gasteiger partial charge in [0.2, 0.25) is 0 Å². The summed E-state index contributed by atoms with van der Waals surface area (Å²) < 4.78 is 6.44. The molecule has 2 aromatic carbocycles. The number of ether oxygens (including phenoxy) is 1. The van der Waals surface area contributed by atoms with E-state index in [1.54, 1.807) is 0 Å². The molecule has 3 aromatic rings. The average Bonchev–Trinajstić information content (AvgIpc) is 3.16. The Hall–Kier alpha value is -2.95. The highest BCUT2D eigenvalue weighted by molar-refractivity contribution is 5.97. The fourth-order valence-electron chi connectivity index (χ4n) is 2.99. The number of nitrogens with zero attached hydrogens (tertiary/aromatic N) is 3. The standard InChI is InChI=1S/C22H25N3O2/c1-3-4-5-7-10-17-13-15-19(16-14-17)21(26)25-20(23-22(24-25)27-2)18-11-8-6-9-12-18/h6,8-9,11-16H,3-5,7,10H2,1-2H3. The third-order valence-electron chi connectivity index (χ3n) is 4.51. The number of hydrogen-bond donors (Lipinski definition) is 0. The van der Waals surface area contributed by atoms with Crippen molar-refractivity contribution in [2.24, 2.45) is 0 Å². The van der Waals surface area contributed by atoms with Crippen molar-refractivity contribution in [1.82, 2.24) is 14.8 Å². The summed E-state index contributed by atoms with van der Waals surface area (Å²) in [5.41, 5.74) is 2.65. The van der Waals surface area contributed by atoms with Gasteiger partial charge in [-0.05, 0) is 30.5 Å². The molecule has 0 atom stereocenters. The highest BCUT2D eigenvalue weighted by Gasteiger charge is 2.19. The summed E-state index contributed by atoms with van der Waals surface area (Å²) in [6.07, 6.45) is 5.97. The number of unbranched alkanes of at least 4 members (excludes halogenated alkanes) is 3. The number of carbonyl (C=O) groups excluding carboxylic acids is 1. The second-order valence-electron chi connectivity index (χ2n) is 6.51. The number of hydrogen-bond acceptors (Lipinski definition) is 4. The van der Waals surface area contributed by atoms with Crippen molar-refractivity contribution in [2.75, 3.05) is 7.11 Å². The lowest BCUT2D eigenvalue weighted by Crippen LogP contribution is -2.15. The van der Waals surface area contributed by atoms with E-state index in [4.69, 9.17) is 4.74 Å². The first kappa shape index (κ1) is 18.8. The van der Waals surface area contributed by atoms with Crippen LogP contribution in [0.15, 0.2) is 54.6 Å². The summed E-state index contributed by atoms with van der Waals surface area (Å²) in [5.74, 6) is 0.253. The normalized spacial score (nSPS) is 10.7. The van der Waals surface area contributed by atoms with Gasteiger partial charge in [0.05, 0.1) is 7.11 Å². The lowest BCUT2D eigenvalue weighted by Gasteiger charge is -2.06. The maximum atomic E-state index is 13.0. The molecule has 0 bridgehead atoms. The molecule has 27 heavy (non-hydrogen) atoms. The van der Waals surface area contributed by atoms with Crippen molar-refractivity contribution in [3.63, 3.8) is 0 Å². The minimum Gasteiger partial charge on any atom is -0.466 e. The Balaban J connectivity index is 1.80. The molecule has 0 amide bonds. The molecule has 0 N–H and O–H groups in total. The number of benzene rings is 2. The van der Waals surface area contributed by atoms with Crippen LogP contribution in [-0.2, 0) is 6.42 Å². The molecular formula is C22H25N3O2. The summed E-state index contributed by atoms with van der Waals surface area (Å²) >= 11 is 0. The van der Waals surface area contributed by atoms with Crippen molar-refractivity contribution >= 4 is 5.91 Å². The van der Waals surface area contributed by atoms with Gasteiger partial charge in [-0.15, -0.1) is 5.10 Å². The first-order chi connectivity index (χ1) is 13.2. The number of rotatable bonds is 8. The molecule has 0 saturated carbocycles. The zero-order valence-corrected chi connectivity index (χ0v) is 15.9. The van der Waals surface area contributed by atoms with Crippen LogP contribution in [0.25, 0.3) is 11.4 Å². The Kier molecular flexibility index (Phi) is 6.36. The monoisotopic (exact) mass is 363 g/mol. The summed E-state index contributed by atoms with van der Waals surface area (Å²) in [4.78, 5) is 17.3. The van der Waals surface area contributed by atoms with E-state index >= 15 is 0 Å². The van der Waals surface area contributed by atoms with Crippen LogP contribution < -0.4 is 4.74 Å². The van der Waals surface area contributed by atoms with Crippen LogP contribution in [0.5, 0.6) is 6.01 Å². The van der Waals surface area contributed by atoms with Crippen molar-refractivity contribution in [3.05, 3.63) is 65.7 Å². The van der Waals surface area contributed by atoms with Gasteiger partial charge in [-0.2, -0.15) is 9.67 Å². The third-order valence-corrected chi connectivity index (χ3v) is 4.51. The second kappa shape index (κ2) is 9.12. The minimum atomic E-state index is -0.220.